The van der Waals surface area contributed by atoms with Gasteiger partial charge in [0.2, 0.25) is 0 Å². The van der Waals surface area contributed by atoms with Gasteiger partial charge in [0.15, 0.2) is 0 Å². The van der Waals surface area contributed by atoms with Crippen LogP contribution in [0, 0.1) is 0 Å². The molecule has 1 saturated heterocycles. The van der Waals surface area contributed by atoms with Crippen LogP contribution in [-0.4, -0.2) is 21.8 Å². The molecule has 0 radical (unpaired) electrons. The summed E-state index contributed by atoms with van der Waals surface area (Å²) in [7, 11) is -0.550. The molecule has 0 amide bonds. The van der Waals surface area contributed by atoms with Crippen molar-refractivity contribution in [3.05, 3.63) is 20.8 Å². The summed E-state index contributed by atoms with van der Waals surface area (Å²) in [4.78, 5) is 0. The van der Waals surface area contributed by atoms with Crippen molar-refractivity contribution in [3.63, 3.8) is 0 Å². The molecule has 1 aliphatic rings. The van der Waals surface area contributed by atoms with Gasteiger partial charge in [-0.2, -0.15) is 0 Å². The number of hydrogen-bond acceptors (Lipinski definition) is 3. The molecule has 0 aromatic carbocycles. The SMILES string of the molecule is O=S1CCC(NCc2csc(Br)c2)CC1. The van der Waals surface area contributed by atoms with E-state index in [0.717, 1.165) is 30.9 Å². The molecule has 2 rings (SSSR count). The summed E-state index contributed by atoms with van der Waals surface area (Å²) in [6.07, 6.45) is 2.11. The lowest BCUT2D eigenvalue weighted by atomic mass is 10.1. The first-order chi connectivity index (χ1) is 7.24. The summed E-state index contributed by atoms with van der Waals surface area (Å²) in [5.41, 5.74) is 1.33. The van der Waals surface area contributed by atoms with E-state index in [1.54, 1.807) is 11.3 Å². The molecule has 0 atom stereocenters. The molecular formula is C10H14BrNOS2. The van der Waals surface area contributed by atoms with Gasteiger partial charge in [0, 0.05) is 34.9 Å². The van der Waals surface area contributed by atoms with Crippen LogP contribution in [0.15, 0.2) is 15.2 Å². The smallest absolute Gasteiger partial charge is 0.0701 e. The Balaban J connectivity index is 1.76. The molecule has 2 heterocycles. The first-order valence-corrected chi connectivity index (χ1v) is 8.21. The fourth-order valence-electron chi connectivity index (χ4n) is 1.70. The van der Waals surface area contributed by atoms with Crippen LogP contribution in [-0.2, 0) is 17.3 Å². The summed E-state index contributed by atoms with van der Waals surface area (Å²) >= 11 is 5.18. The molecule has 2 nitrogen and oxygen atoms in total. The maximum absolute atomic E-state index is 11.2. The van der Waals surface area contributed by atoms with E-state index in [9.17, 15) is 4.21 Å². The highest BCUT2D eigenvalue weighted by Gasteiger charge is 2.16. The van der Waals surface area contributed by atoms with Crippen molar-refractivity contribution < 1.29 is 4.21 Å². The average Bonchev–Trinajstić information content (AvgIpc) is 2.64. The Bertz CT molecular complexity index is 343. The number of nitrogens with one attached hydrogen (secondary N) is 1. The monoisotopic (exact) mass is 307 g/mol. The number of hydrogen-bond donors (Lipinski definition) is 1. The third-order valence-electron chi connectivity index (χ3n) is 2.60. The van der Waals surface area contributed by atoms with Crippen LogP contribution in [0.25, 0.3) is 0 Å². The second-order valence-electron chi connectivity index (χ2n) is 3.76. The number of halogens is 1. The van der Waals surface area contributed by atoms with Gasteiger partial charge >= 0.3 is 0 Å². The third-order valence-corrected chi connectivity index (χ3v) is 5.54. The van der Waals surface area contributed by atoms with E-state index >= 15 is 0 Å². The minimum atomic E-state index is -0.550. The zero-order valence-electron chi connectivity index (χ0n) is 8.37. The highest BCUT2D eigenvalue weighted by Crippen LogP contribution is 2.20. The van der Waals surface area contributed by atoms with Crippen molar-refractivity contribution in [1.82, 2.24) is 5.32 Å². The molecule has 15 heavy (non-hydrogen) atoms. The molecule has 84 valence electrons. The lowest BCUT2D eigenvalue weighted by Gasteiger charge is -2.22. The van der Waals surface area contributed by atoms with E-state index in [1.165, 1.54) is 9.35 Å². The molecule has 0 saturated carbocycles. The lowest BCUT2D eigenvalue weighted by Crippen LogP contribution is -2.35. The highest BCUT2D eigenvalue weighted by molar-refractivity contribution is 9.11. The summed E-state index contributed by atoms with van der Waals surface area (Å²) < 4.78 is 12.3. The Labute approximate surface area is 105 Å². The molecule has 1 aromatic heterocycles. The standard InChI is InChI=1S/C10H14BrNOS2/c11-10-5-8(7-14-10)6-12-9-1-3-15(13)4-2-9/h5,7,9,12H,1-4,6H2. The van der Waals surface area contributed by atoms with Crippen molar-refractivity contribution in [2.45, 2.75) is 25.4 Å². The first kappa shape index (κ1) is 11.8. The van der Waals surface area contributed by atoms with E-state index < -0.39 is 10.8 Å². The van der Waals surface area contributed by atoms with Gasteiger partial charge in [-0.3, -0.25) is 4.21 Å². The van der Waals surface area contributed by atoms with Crippen LogP contribution in [0.2, 0.25) is 0 Å². The highest BCUT2D eigenvalue weighted by atomic mass is 79.9. The van der Waals surface area contributed by atoms with Gasteiger partial charge in [0.25, 0.3) is 0 Å². The Morgan fingerprint density at radius 2 is 2.27 bits per heavy atom. The zero-order chi connectivity index (χ0) is 10.7. The van der Waals surface area contributed by atoms with Crippen LogP contribution in [0.4, 0.5) is 0 Å². The molecule has 1 fully saturated rings. The summed E-state index contributed by atoms with van der Waals surface area (Å²) in [5.74, 6) is 1.73. The Morgan fingerprint density at radius 3 is 2.87 bits per heavy atom. The summed E-state index contributed by atoms with van der Waals surface area (Å²) in [6, 6.07) is 2.71. The van der Waals surface area contributed by atoms with Crippen molar-refractivity contribution >= 4 is 38.1 Å². The van der Waals surface area contributed by atoms with Gasteiger partial charge < -0.3 is 5.32 Å². The molecule has 1 aromatic rings. The summed E-state index contributed by atoms with van der Waals surface area (Å²) in [6.45, 7) is 0.930. The summed E-state index contributed by atoms with van der Waals surface area (Å²) in [5, 5.41) is 5.69. The minimum absolute atomic E-state index is 0.550. The Hall–Kier alpha value is 0.290. The lowest BCUT2D eigenvalue weighted by molar-refractivity contribution is 0.475. The van der Waals surface area contributed by atoms with Gasteiger partial charge in [-0.25, -0.2) is 0 Å². The normalized spacial score (nSPS) is 26.7. The maximum Gasteiger partial charge on any atom is 0.0701 e. The molecule has 0 unspecified atom stereocenters. The number of thiophene rings is 1. The van der Waals surface area contributed by atoms with Crippen molar-refractivity contribution in [1.29, 1.82) is 0 Å². The predicted molar refractivity (Wildman–Crippen MR) is 69.8 cm³/mol. The van der Waals surface area contributed by atoms with Crippen LogP contribution < -0.4 is 5.32 Å². The Kier molecular flexibility index (Phi) is 4.37. The second kappa shape index (κ2) is 5.57. The molecule has 0 bridgehead atoms. The third kappa shape index (κ3) is 3.66. The first-order valence-electron chi connectivity index (χ1n) is 5.05. The van der Waals surface area contributed by atoms with Crippen LogP contribution >= 0.6 is 27.3 Å². The van der Waals surface area contributed by atoms with Crippen molar-refractivity contribution in [3.8, 4) is 0 Å². The molecule has 1 aliphatic heterocycles. The van der Waals surface area contributed by atoms with Crippen molar-refractivity contribution in [2.75, 3.05) is 11.5 Å². The van der Waals surface area contributed by atoms with Crippen LogP contribution in [0.5, 0.6) is 0 Å². The molecule has 0 aliphatic carbocycles. The molecule has 0 spiro atoms. The molecule has 1 N–H and O–H groups in total. The zero-order valence-corrected chi connectivity index (χ0v) is 11.6. The molecular weight excluding hydrogens is 294 g/mol. The average molecular weight is 308 g/mol. The van der Waals surface area contributed by atoms with E-state index in [0.29, 0.717) is 6.04 Å². The van der Waals surface area contributed by atoms with Gasteiger partial charge in [0.05, 0.1) is 3.79 Å². The second-order valence-corrected chi connectivity index (χ2v) is 7.75. The van der Waals surface area contributed by atoms with Gasteiger partial charge in [0.1, 0.15) is 0 Å². The fourth-order valence-corrected chi connectivity index (χ4v) is 4.21. The van der Waals surface area contributed by atoms with Gasteiger partial charge in [-0.1, -0.05) is 0 Å². The Morgan fingerprint density at radius 1 is 1.53 bits per heavy atom. The quantitative estimate of drug-likeness (QED) is 0.929. The van der Waals surface area contributed by atoms with Crippen molar-refractivity contribution in [2.24, 2.45) is 0 Å². The van der Waals surface area contributed by atoms with E-state index in [1.807, 2.05) is 0 Å². The van der Waals surface area contributed by atoms with E-state index in [4.69, 9.17) is 0 Å². The van der Waals surface area contributed by atoms with E-state index in [2.05, 4.69) is 32.7 Å². The van der Waals surface area contributed by atoms with E-state index in [-0.39, 0.29) is 0 Å². The fraction of sp³-hybridized carbons (Fsp3) is 0.600. The van der Waals surface area contributed by atoms with Gasteiger partial charge in [-0.05, 0) is 45.8 Å². The molecule has 5 heteroatoms. The van der Waals surface area contributed by atoms with Crippen LogP contribution in [0.3, 0.4) is 0 Å². The largest absolute Gasteiger partial charge is 0.310 e. The number of rotatable bonds is 3. The maximum atomic E-state index is 11.2. The van der Waals surface area contributed by atoms with Crippen LogP contribution in [0.1, 0.15) is 18.4 Å². The minimum Gasteiger partial charge on any atom is -0.310 e. The van der Waals surface area contributed by atoms with Gasteiger partial charge in [-0.15, -0.1) is 11.3 Å². The predicted octanol–water partition coefficient (Wildman–Crippen LogP) is 2.51. The topological polar surface area (TPSA) is 29.1 Å².